The molecule has 1 aliphatic heterocycles. The molecule has 31 heavy (non-hydrogen) atoms. The van der Waals surface area contributed by atoms with Crippen molar-refractivity contribution >= 4 is 23.2 Å². The average Bonchev–Trinajstić information content (AvgIpc) is 3.49. The van der Waals surface area contributed by atoms with E-state index in [1.165, 1.54) is 23.3 Å². The number of hydrogen-bond acceptors (Lipinski definition) is 5. The van der Waals surface area contributed by atoms with Gasteiger partial charge in [-0.25, -0.2) is 4.98 Å². The van der Waals surface area contributed by atoms with Gasteiger partial charge >= 0.3 is 0 Å². The second-order valence-corrected chi connectivity index (χ2v) is 8.86. The number of carbonyl (C=O) groups excluding carboxylic acids is 2. The summed E-state index contributed by atoms with van der Waals surface area (Å²) < 4.78 is 5.29. The summed E-state index contributed by atoms with van der Waals surface area (Å²) in [5.74, 6) is 0.588. The number of amides is 2. The number of nitrogens with zero attached hydrogens (tertiary/aromatic N) is 3. The van der Waals surface area contributed by atoms with Crippen molar-refractivity contribution in [2.75, 3.05) is 20.1 Å². The van der Waals surface area contributed by atoms with Crippen LogP contribution in [0.15, 0.2) is 58.0 Å². The third-order valence-corrected chi connectivity index (χ3v) is 6.87. The molecule has 1 unspecified atom stereocenters. The second-order valence-electron chi connectivity index (χ2n) is 8.08. The quantitative estimate of drug-likeness (QED) is 0.577. The van der Waals surface area contributed by atoms with E-state index in [0.717, 1.165) is 24.8 Å². The summed E-state index contributed by atoms with van der Waals surface area (Å²) >= 11 is 1.53. The molecular formula is C24H27N3O3S. The van der Waals surface area contributed by atoms with E-state index in [0.29, 0.717) is 30.5 Å². The Bertz CT molecular complexity index is 1010. The third kappa shape index (κ3) is 4.71. The molecule has 6 nitrogen and oxygen atoms in total. The molecular weight excluding hydrogens is 410 g/mol. The molecule has 0 N–H and O–H groups in total. The fourth-order valence-corrected chi connectivity index (χ4v) is 4.98. The highest BCUT2D eigenvalue weighted by Gasteiger charge is 2.34. The van der Waals surface area contributed by atoms with Gasteiger partial charge in [0.15, 0.2) is 6.39 Å². The molecule has 1 aliphatic rings. The minimum absolute atomic E-state index is 0.0537. The molecule has 2 aromatic heterocycles. The smallest absolute Gasteiger partial charge is 0.291 e. The van der Waals surface area contributed by atoms with Gasteiger partial charge in [-0.3, -0.25) is 9.59 Å². The predicted molar refractivity (Wildman–Crippen MR) is 120 cm³/mol. The van der Waals surface area contributed by atoms with Crippen molar-refractivity contribution in [3.63, 3.8) is 0 Å². The average molecular weight is 438 g/mol. The van der Waals surface area contributed by atoms with E-state index in [1.807, 2.05) is 51.9 Å². The van der Waals surface area contributed by atoms with E-state index >= 15 is 0 Å². The monoisotopic (exact) mass is 437 g/mol. The van der Waals surface area contributed by atoms with Crippen molar-refractivity contribution in [1.82, 2.24) is 14.8 Å². The molecule has 0 radical (unpaired) electrons. The van der Waals surface area contributed by atoms with Gasteiger partial charge in [0.05, 0.1) is 11.3 Å². The summed E-state index contributed by atoms with van der Waals surface area (Å²) in [4.78, 5) is 33.6. The number of rotatable bonds is 6. The number of hydrogen-bond donors (Lipinski definition) is 0. The number of aromatic nitrogens is 1. The molecule has 162 valence electrons. The second kappa shape index (κ2) is 9.47. The Kier molecular flexibility index (Phi) is 6.51. The van der Waals surface area contributed by atoms with Crippen molar-refractivity contribution in [1.29, 1.82) is 0 Å². The highest BCUT2D eigenvalue weighted by atomic mass is 32.1. The Morgan fingerprint density at radius 3 is 2.58 bits per heavy atom. The van der Waals surface area contributed by atoms with Crippen LogP contribution in [0.2, 0.25) is 0 Å². The summed E-state index contributed by atoms with van der Waals surface area (Å²) in [6.45, 7) is 3.08. The van der Waals surface area contributed by atoms with Crippen LogP contribution < -0.4 is 0 Å². The Labute approximate surface area is 186 Å². The lowest BCUT2D eigenvalue weighted by molar-refractivity contribution is 0.0507. The zero-order valence-electron chi connectivity index (χ0n) is 17.9. The summed E-state index contributed by atoms with van der Waals surface area (Å²) in [5.41, 5.74) is 2.57. The number of benzene rings is 1. The van der Waals surface area contributed by atoms with E-state index in [-0.39, 0.29) is 17.9 Å². The van der Waals surface area contributed by atoms with Gasteiger partial charge in [-0.15, -0.1) is 0 Å². The fourth-order valence-electron chi connectivity index (χ4n) is 4.35. The van der Waals surface area contributed by atoms with Crippen molar-refractivity contribution < 1.29 is 14.0 Å². The van der Waals surface area contributed by atoms with Gasteiger partial charge in [0, 0.05) is 31.6 Å². The number of aryl methyl sites for hydroxylation is 1. The van der Waals surface area contributed by atoms with Gasteiger partial charge in [0.2, 0.25) is 5.76 Å². The number of likely N-dealkylation sites (N-methyl/N-ethyl adjacent to an activating group) is 1. The SMILES string of the molecule is Cc1ncoc1C(=O)N1CCC(C(Cc2ccccc2)N(C)C(=O)c2ccsc2)CC1. The number of carbonyl (C=O) groups is 2. The highest BCUT2D eigenvalue weighted by molar-refractivity contribution is 7.08. The maximum Gasteiger partial charge on any atom is 0.291 e. The number of likely N-dealkylation sites (tertiary alicyclic amines) is 1. The number of thiophene rings is 1. The molecule has 0 saturated carbocycles. The highest BCUT2D eigenvalue weighted by Crippen LogP contribution is 2.28. The molecule has 7 heteroatoms. The van der Waals surface area contributed by atoms with Gasteiger partial charge in [-0.2, -0.15) is 11.3 Å². The summed E-state index contributed by atoms with van der Waals surface area (Å²) in [6, 6.07) is 12.3. The Hall–Kier alpha value is -2.93. The molecule has 0 bridgehead atoms. The van der Waals surface area contributed by atoms with Crippen molar-refractivity contribution in [2.24, 2.45) is 5.92 Å². The standard InChI is InChI=1S/C24H27N3O3S/c1-17-22(30-16-25-17)24(29)27-11-8-19(9-12-27)21(14-18-6-4-3-5-7-18)26(2)23(28)20-10-13-31-15-20/h3-7,10,13,15-16,19,21H,8-9,11-12,14H2,1-2H3. The Balaban J connectivity index is 1.48. The van der Waals surface area contributed by atoms with Gasteiger partial charge in [-0.1, -0.05) is 30.3 Å². The maximum absolute atomic E-state index is 13.1. The van der Waals surface area contributed by atoms with Crippen LogP contribution in [0.25, 0.3) is 0 Å². The van der Waals surface area contributed by atoms with Gasteiger partial charge in [0.1, 0.15) is 0 Å². The third-order valence-electron chi connectivity index (χ3n) is 6.18. The van der Waals surface area contributed by atoms with Gasteiger partial charge in [-0.05, 0) is 49.1 Å². The first-order chi connectivity index (χ1) is 15.0. The lowest BCUT2D eigenvalue weighted by Crippen LogP contribution is -2.48. The van der Waals surface area contributed by atoms with E-state index in [9.17, 15) is 9.59 Å². The molecule has 1 aromatic carbocycles. The van der Waals surface area contributed by atoms with Crippen LogP contribution >= 0.6 is 11.3 Å². The normalized spacial score (nSPS) is 15.6. The largest absolute Gasteiger partial charge is 0.438 e. The summed E-state index contributed by atoms with van der Waals surface area (Å²) in [7, 11) is 1.91. The molecule has 3 heterocycles. The topological polar surface area (TPSA) is 66.7 Å². The molecule has 4 rings (SSSR count). The fraction of sp³-hybridized carbons (Fsp3) is 0.375. The predicted octanol–water partition coefficient (Wildman–Crippen LogP) is 4.28. The van der Waals surface area contributed by atoms with Crippen LogP contribution in [0.3, 0.4) is 0 Å². The lowest BCUT2D eigenvalue weighted by atomic mass is 9.84. The number of piperidine rings is 1. The van der Waals surface area contributed by atoms with Gasteiger partial charge < -0.3 is 14.2 Å². The summed E-state index contributed by atoms with van der Waals surface area (Å²) in [6.07, 6.45) is 3.80. The zero-order chi connectivity index (χ0) is 21.8. The molecule has 1 atom stereocenters. The summed E-state index contributed by atoms with van der Waals surface area (Å²) in [5, 5.41) is 3.84. The Morgan fingerprint density at radius 1 is 1.23 bits per heavy atom. The van der Waals surface area contributed by atoms with Crippen LogP contribution in [0.4, 0.5) is 0 Å². The number of oxazole rings is 1. The van der Waals surface area contributed by atoms with Crippen LogP contribution in [-0.2, 0) is 6.42 Å². The van der Waals surface area contributed by atoms with Crippen LogP contribution in [0, 0.1) is 12.8 Å². The molecule has 1 fully saturated rings. The Morgan fingerprint density at radius 2 is 1.97 bits per heavy atom. The minimum Gasteiger partial charge on any atom is -0.438 e. The van der Waals surface area contributed by atoms with Crippen LogP contribution in [-0.4, -0.2) is 52.8 Å². The van der Waals surface area contributed by atoms with Gasteiger partial charge in [0.25, 0.3) is 11.8 Å². The first-order valence-electron chi connectivity index (χ1n) is 10.6. The van der Waals surface area contributed by atoms with E-state index < -0.39 is 0 Å². The molecule has 0 aliphatic carbocycles. The molecule has 0 spiro atoms. The van der Waals surface area contributed by atoms with Crippen molar-refractivity contribution in [3.8, 4) is 0 Å². The first-order valence-corrected chi connectivity index (χ1v) is 11.5. The van der Waals surface area contributed by atoms with Crippen molar-refractivity contribution in [3.05, 3.63) is 76.1 Å². The maximum atomic E-state index is 13.1. The first kappa shape index (κ1) is 21.3. The van der Waals surface area contributed by atoms with E-state index in [4.69, 9.17) is 4.42 Å². The van der Waals surface area contributed by atoms with Crippen molar-refractivity contribution in [2.45, 2.75) is 32.2 Å². The zero-order valence-corrected chi connectivity index (χ0v) is 18.7. The van der Waals surface area contributed by atoms with Crippen LogP contribution in [0.5, 0.6) is 0 Å². The van der Waals surface area contributed by atoms with E-state index in [2.05, 4.69) is 17.1 Å². The van der Waals surface area contributed by atoms with E-state index in [1.54, 1.807) is 6.92 Å². The minimum atomic E-state index is -0.101. The molecule has 1 saturated heterocycles. The lowest BCUT2D eigenvalue weighted by Gasteiger charge is -2.40. The van der Waals surface area contributed by atoms with Crippen LogP contribution in [0.1, 0.15) is 45.0 Å². The molecule has 2 amide bonds. The molecule has 3 aromatic rings.